The van der Waals surface area contributed by atoms with Gasteiger partial charge in [-0.2, -0.15) is 0 Å². The molecule has 154 valence electrons. The monoisotopic (exact) mass is 413 g/mol. The highest BCUT2D eigenvalue weighted by Crippen LogP contribution is 2.25. The molecule has 7 nitrogen and oxygen atoms in total. The molecule has 0 spiro atoms. The number of carbonyl (C=O) groups excluding carboxylic acids is 1. The summed E-state index contributed by atoms with van der Waals surface area (Å²) in [5, 5.41) is 12.2. The number of nitrogens with one attached hydrogen (secondary N) is 1. The highest BCUT2D eigenvalue weighted by Gasteiger charge is 2.19. The summed E-state index contributed by atoms with van der Waals surface area (Å²) in [6, 6.07) is 10.0. The van der Waals surface area contributed by atoms with E-state index in [1.54, 1.807) is 6.26 Å². The summed E-state index contributed by atoms with van der Waals surface area (Å²) < 4.78 is 7.49. The lowest BCUT2D eigenvalue weighted by atomic mass is 10.1. The fraction of sp³-hybridized carbons (Fsp3) is 0.381. The van der Waals surface area contributed by atoms with Gasteiger partial charge in [0.1, 0.15) is 11.6 Å². The second-order valence-electron chi connectivity index (χ2n) is 7.24. The van der Waals surface area contributed by atoms with Crippen molar-refractivity contribution in [1.82, 2.24) is 25.0 Å². The molecule has 1 atom stereocenters. The maximum absolute atomic E-state index is 12.5. The number of aryl methyl sites for hydroxylation is 3. The third kappa shape index (κ3) is 5.07. The minimum Gasteiger partial charge on any atom is -0.468 e. The Hall–Kier alpha value is -2.58. The molecule has 0 fully saturated rings. The number of carbonyl (C=O) groups is 1. The Morgan fingerprint density at radius 1 is 1.24 bits per heavy atom. The van der Waals surface area contributed by atoms with E-state index in [1.807, 2.05) is 42.6 Å². The summed E-state index contributed by atoms with van der Waals surface area (Å²) >= 11 is 1.38. The third-order valence-corrected chi connectivity index (χ3v) is 5.65. The quantitative estimate of drug-likeness (QED) is 0.571. The number of hydrogen-bond donors (Lipinski definition) is 1. The van der Waals surface area contributed by atoms with E-state index in [-0.39, 0.29) is 17.7 Å². The number of aromatic nitrogens is 3. The van der Waals surface area contributed by atoms with Gasteiger partial charge in [0.2, 0.25) is 5.91 Å². The largest absolute Gasteiger partial charge is 0.468 e. The Morgan fingerprint density at radius 2 is 2.03 bits per heavy atom. The van der Waals surface area contributed by atoms with Crippen LogP contribution in [0.2, 0.25) is 0 Å². The number of amides is 1. The number of hydrogen-bond acceptors (Lipinski definition) is 6. The fourth-order valence-corrected chi connectivity index (χ4v) is 3.90. The molecule has 0 aliphatic carbocycles. The van der Waals surface area contributed by atoms with Crippen LogP contribution in [0.5, 0.6) is 0 Å². The molecule has 1 aromatic carbocycles. The van der Waals surface area contributed by atoms with Crippen LogP contribution in [0.25, 0.3) is 5.69 Å². The van der Waals surface area contributed by atoms with E-state index in [0.717, 1.165) is 22.8 Å². The first-order valence-electron chi connectivity index (χ1n) is 9.45. The van der Waals surface area contributed by atoms with Gasteiger partial charge in [0.25, 0.3) is 0 Å². The number of rotatable bonds is 8. The normalized spacial score (nSPS) is 12.3. The molecule has 0 saturated carbocycles. The minimum absolute atomic E-state index is 0.0141. The van der Waals surface area contributed by atoms with Crippen LogP contribution in [0.1, 0.15) is 28.8 Å². The van der Waals surface area contributed by atoms with Gasteiger partial charge in [-0.3, -0.25) is 14.3 Å². The van der Waals surface area contributed by atoms with Crippen molar-refractivity contribution >= 4 is 17.7 Å². The van der Waals surface area contributed by atoms with Crippen LogP contribution in [0.3, 0.4) is 0 Å². The average Bonchev–Trinajstić information content (AvgIpc) is 3.32. The zero-order valence-electron chi connectivity index (χ0n) is 17.5. The van der Waals surface area contributed by atoms with Crippen LogP contribution in [-0.2, 0) is 4.79 Å². The van der Waals surface area contributed by atoms with Gasteiger partial charge in [-0.25, -0.2) is 0 Å². The topological polar surface area (TPSA) is 76.2 Å². The van der Waals surface area contributed by atoms with E-state index in [2.05, 4.69) is 47.6 Å². The Kier molecular flexibility index (Phi) is 6.76. The van der Waals surface area contributed by atoms with Crippen LogP contribution in [0.15, 0.2) is 46.2 Å². The second kappa shape index (κ2) is 9.28. The highest BCUT2D eigenvalue weighted by atomic mass is 32.2. The van der Waals surface area contributed by atoms with Gasteiger partial charge in [-0.1, -0.05) is 23.9 Å². The van der Waals surface area contributed by atoms with Gasteiger partial charge in [-0.15, -0.1) is 10.2 Å². The van der Waals surface area contributed by atoms with Crippen molar-refractivity contribution in [2.75, 3.05) is 26.4 Å². The third-order valence-electron chi connectivity index (χ3n) is 4.72. The molecule has 0 saturated heterocycles. The lowest BCUT2D eigenvalue weighted by Crippen LogP contribution is -2.35. The number of nitrogens with zero attached hydrogens (tertiary/aromatic N) is 4. The first kappa shape index (κ1) is 21.1. The molecule has 1 N–H and O–H groups in total. The molecule has 2 heterocycles. The van der Waals surface area contributed by atoms with Gasteiger partial charge < -0.3 is 9.73 Å². The van der Waals surface area contributed by atoms with Crippen molar-refractivity contribution in [2.24, 2.45) is 0 Å². The summed E-state index contributed by atoms with van der Waals surface area (Å²) in [6.45, 7) is 6.51. The van der Waals surface area contributed by atoms with Gasteiger partial charge in [0.05, 0.1) is 23.7 Å². The van der Waals surface area contributed by atoms with Crippen LogP contribution < -0.4 is 5.32 Å². The van der Waals surface area contributed by atoms with E-state index in [9.17, 15) is 4.79 Å². The van der Waals surface area contributed by atoms with Crippen molar-refractivity contribution in [1.29, 1.82) is 0 Å². The van der Waals surface area contributed by atoms with Crippen molar-refractivity contribution < 1.29 is 9.21 Å². The second-order valence-corrected chi connectivity index (χ2v) is 8.19. The summed E-state index contributed by atoms with van der Waals surface area (Å²) in [5.74, 6) is 1.84. The predicted octanol–water partition coefficient (Wildman–Crippen LogP) is 3.30. The molecule has 2 aromatic heterocycles. The van der Waals surface area contributed by atoms with Crippen molar-refractivity contribution in [3.8, 4) is 5.69 Å². The standard InChI is InChI=1S/C21H27N5O2S/c1-14-8-9-15(2)17(11-14)26-16(3)23-24-21(26)29-13-20(27)22-12-18(25(4)5)19-7-6-10-28-19/h6-11,18H,12-13H2,1-5H3,(H,22,27). The SMILES string of the molecule is Cc1ccc(C)c(-n2c(C)nnc2SCC(=O)NCC(c2ccco2)N(C)C)c1. The van der Waals surface area contributed by atoms with Crippen LogP contribution in [0, 0.1) is 20.8 Å². The number of furan rings is 1. The predicted molar refractivity (Wildman–Crippen MR) is 114 cm³/mol. The van der Waals surface area contributed by atoms with Crippen LogP contribution >= 0.6 is 11.8 Å². The average molecular weight is 414 g/mol. The van der Waals surface area contributed by atoms with Crippen molar-refractivity contribution in [2.45, 2.75) is 32.0 Å². The van der Waals surface area contributed by atoms with Gasteiger partial charge in [0, 0.05) is 6.54 Å². The van der Waals surface area contributed by atoms with Crippen LogP contribution in [-0.4, -0.2) is 52.0 Å². The molecular formula is C21H27N5O2S. The van der Waals surface area contributed by atoms with Gasteiger partial charge in [0.15, 0.2) is 5.16 Å². The Labute approximate surface area is 175 Å². The first-order chi connectivity index (χ1) is 13.9. The smallest absolute Gasteiger partial charge is 0.230 e. The molecule has 0 bridgehead atoms. The zero-order valence-corrected chi connectivity index (χ0v) is 18.3. The van der Waals surface area contributed by atoms with E-state index in [0.29, 0.717) is 11.7 Å². The molecular weight excluding hydrogens is 386 g/mol. The molecule has 8 heteroatoms. The summed E-state index contributed by atoms with van der Waals surface area (Å²) in [5.41, 5.74) is 3.35. The molecule has 0 radical (unpaired) electrons. The van der Waals surface area contributed by atoms with Gasteiger partial charge in [-0.05, 0) is 64.2 Å². The number of likely N-dealkylation sites (N-methyl/N-ethyl adjacent to an activating group) is 1. The van der Waals surface area contributed by atoms with Gasteiger partial charge >= 0.3 is 0 Å². The Morgan fingerprint density at radius 3 is 2.72 bits per heavy atom. The van der Waals surface area contributed by atoms with Crippen molar-refractivity contribution in [3.63, 3.8) is 0 Å². The maximum Gasteiger partial charge on any atom is 0.230 e. The van der Waals surface area contributed by atoms with E-state index in [4.69, 9.17) is 4.42 Å². The first-order valence-corrected chi connectivity index (χ1v) is 10.4. The Bertz CT molecular complexity index is 966. The molecule has 29 heavy (non-hydrogen) atoms. The number of benzene rings is 1. The summed E-state index contributed by atoms with van der Waals surface area (Å²) in [6.07, 6.45) is 1.64. The molecule has 0 aliphatic heterocycles. The molecule has 1 unspecified atom stereocenters. The summed E-state index contributed by atoms with van der Waals surface area (Å²) in [7, 11) is 3.92. The Balaban J connectivity index is 1.65. The highest BCUT2D eigenvalue weighted by molar-refractivity contribution is 7.99. The van der Waals surface area contributed by atoms with E-state index >= 15 is 0 Å². The molecule has 3 rings (SSSR count). The van der Waals surface area contributed by atoms with E-state index < -0.39 is 0 Å². The molecule has 3 aromatic rings. The van der Waals surface area contributed by atoms with Crippen molar-refractivity contribution in [3.05, 3.63) is 59.3 Å². The summed E-state index contributed by atoms with van der Waals surface area (Å²) in [4.78, 5) is 14.5. The zero-order chi connectivity index (χ0) is 21.0. The lowest BCUT2D eigenvalue weighted by molar-refractivity contribution is -0.118. The maximum atomic E-state index is 12.5. The lowest BCUT2D eigenvalue weighted by Gasteiger charge is -2.22. The van der Waals surface area contributed by atoms with Crippen LogP contribution in [0.4, 0.5) is 0 Å². The fourth-order valence-electron chi connectivity index (χ4n) is 3.08. The number of thioether (sulfide) groups is 1. The molecule has 0 aliphatic rings. The van der Waals surface area contributed by atoms with E-state index in [1.165, 1.54) is 17.3 Å². The molecule has 1 amide bonds. The minimum atomic E-state index is -0.0541.